The first-order chi connectivity index (χ1) is 7.81. The van der Waals surface area contributed by atoms with Crippen LogP contribution in [0.3, 0.4) is 0 Å². The molecule has 16 heavy (non-hydrogen) atoms. The number of halogens is 1. The Morgan fingerprint density at radius 3 is 2.62 bits per heavy atom. The number of thiazole rings is 1. The summed E-state index contributed by atoms with van der Waals surface area (Å²) in [7, 11) is 1.67. The van der Waals surface area contributed by atoms with Gasteiger partial charge in [-0.05, 0) is 17.7 Å². The van der Waals surface area contributed by atoms with Gasteiger partial charge >= 0.3 is 0 Å². The van der Waals surface area contributed by atoms with E-state index < -0.39 is 0 Å². The number of rotatable bonds is 4. The minimum absolute atomic E-state index is 0.485. The highest BCUT2D eigenvalue weighted by Gasteiger charge is 2.02. The normalized spacial score (nSPS) is 10.4. The number of hydrogen-bond donors (Lipinski definition) is 0. The Morgan fingerprint density at radius 1 is 1.31 bits per heavy atom. The van der Waals surface area contributed by atoms with Crippen molar-refractivity contribution in [2.24, 2.45) is 0 Å². The molecule has 0 radical (unpaired) electrons. The van der Waals surface area contributed by atoms with Gasteiger partial charge in [0.05, 0.1) is 23.7 Å². The molecule has 0 aliphatic heterocycles. The molecule has 0 bridgehead atoms. The van der Waals surface area contributed by atoms with E-state index in [1.54, 1.807) is 18.4 Å². The van der Waals surface area contributed by atoms with Crippen LogP contribution in [0.5, 0.6) is 5.75 Å². The van der Waals surface area contributed by atoms with Crippen molar-refractivity contribution in [2.45, 2.75) is 12.3 Å². The van der Waals surface area contributed by atoms with Crippen LogP contribution < -0.4 is 4.74 Å². The molecule has 0 spiro atoms. The summed E-state index contributed by atoms with van der Waals surface area (Å²) in [6.07, 6.45) is 0.853. The summed E-state index contributed by atoms with van der Waals surface area (Å²) < 4.78 is 5.11. The van der Waals surface area contributed by atoms with Crippen LogP contribution >= 0.6 is 22.9 Å². The summed E-state index contributed by atoms with van der Waals surface area (Å²) in [5, 5.41) is 3.10. The molecule has 0 fully saturated rings. The molecule has 0 amide bonds. The van der Waals surface area contributed by atoms with Gasteiger partial charge in [-0.15, -0.1) is 22.9 Å². The van der Waals surface area contributed by atoms with E-state index >= 15 is 0 Å². The first-order valence-electron chi connectivity index (χ1n) is 4.94. The van der Waals surface area contributed by atoms with E-state index in [4.69, 9.17) is 16.3 Å². The van der Waals surface area contributed by atoms with Crippen molar-refractivity contribution in [3.8, 4) is 5.75 Å². The monoisotopic (exact) mass is 253 g/mol. The van der Waals surface area contributed by atoms with E-state index in [0.717, 1.165) is 22.9 Å². The Bertz CT molecular complexity index is 452. The molecule has 0 unspecified atom stereocenters. The molecular weight excluding hydrogens is 242 g/mol. The third-order valence-electron chi connectivity index (χ3n) is 2.25. The molecule has 1 aromatic heterocycles. The number of methoxy groups -OCH3 is 1. The zero-order valence-corrected chi connectivity index (χ0v) is 10.5. The number of ether oxygens (including phenoxy) is 1. The van der Waals surface area contributed by atoms with E-state index in [-0.39, 0.29) is 0 Å². The summed E-state index contributed by atoms with van der Waals surface area (Å²) in [5.74, 6) is 1.36. The van der Waals surface area contributed by atoms with Gasteiger partial charge in [0.1, 0.15) is 5.75 Å². The van der Waals surface area contributed by atoms with E-state index in [1.807, 2.05) is 17.5 Å². The van der Waals surface area contributed by atoms with Crippen LogP contribution in [0.25, 0.3) is 0 Å². The summed E-state index contributed by atoms with van der Waals surface area (Å²) in [5.41, 5.74) is 2.19. The van der Waals surface area contributed by atoms with E-state index in [1.165, 1.54) is 5.56 Å². The predicted octanol–water partition coefficient (Wildman–Crippen LogP) is 3.48. The average Bonchev–Trinajstić information content (AvgIpc) is 2.78. The van der Waals surface area contributed by atoms with Crippen molar-refractivity contribution in [3.63, 3.8) is 0 Å². The van der Waals surface area contributed by atoms with Crippen molar-refractivity contribution in [2.75, 3.05) is 7.11 Å². The Morgan fingerprint density at radius 2 is 2.06 bits per heavy atom. The fourth-order valence-corrected chi connectivity index (χ4v) is 2.47. The molecular formula is C12H12ClNOS. The highest BCUT2D eigenvalue weighted by Crippen LogP contribution is 2.18. The van der Waals surface area contributed by atoms with Crippen molar-refractivity contribution >= 4 is 22.9 Å². The third kappa shape index (κ3) is 2.74. The average molecular weight is 254 g/mol. The Balaban J connectivity index is 2.08. The van der Waals surface area contributed by atoms with Crippen LogP contribution in [0.15, 0.2) is 29.6 Å². The summed E-state index contributed by atoms with van der Waals surface area (Å²) >= 11 is 7.36. The van der Waals surface area contributed by atoms with Crippen molar-refractivity contribution < 1.29 is 4.74 Å². The fourth-order valence-electron chi connectivity index (χ4n) is 1.41. The topological polar surface area (TPSA) is 22.1 Å². The second-order valence-corrected chi connectivity index (χ2v) is 4.60. The van der Waals surface area contributed by atoms with Gasteiger partial charge in [-0.1, -0.05) is 12.1 Å². The maximum absolute atomic E-state index is 5.71. The maximum atomic E-state index is 5.71. The van der Waals surface area contributed by atoms with Crippen LogP contribution in [0.4, 0.5) is 0 Å². The van der Waals surface area contributed by atoms with Gasteiger partial charge in [-0.3, -0.25) is 0 Å². The maximum Gasteiger partial charge on any atom is 0.118 e. The van der Waals surface area contributed by atoms with Crippen molar-refractivity contribution in [1.82, 2.24) is 4.98 Å². The lowest BCUT2D eigenvalue weighted by Gasteiger charge is -2.01. The summed E-state index contributed by atoms with van der Waals surface area (Å²) in [6, 6.07) is 8.04. The molecule has 1 aromatic carbocycles. The lowest BCUT2D eigenvalue weighted by atomic mass is 10.1. The molecule has 4 heteroatoms. The van der Waals surface area contributed by atoms with Gasteiger partial charge in [-0.2, -0.15) is 0 Å². The first kappa shape index (κ1) is 11.4. The Hall–Kier alpha value is -1.06. The van der Waals surface area contributed by atoms with Crippen LogP contribution in [-0.4, -0.2) is 12.1 Å². The largest absolute Gasteiger partial charge is 0.497 e. The Labute approximate surface area is 104 Å². The van der Waals surface area contributed by atoms with Gasteiger partial charge in [0.2, 0.25) is 0 Å². The van der Waals surface area contributed by atoms with E-state index in [9.17, 15) is 0 Å². The van der Waals surface area contributed by atoms with Crippen LogP contribution in [-0.2, 0) is 12.3 Å². The predicted molar refractivity (Wildman–Crippen MR) is 67.5 cm³/mol. The van der Waals surface area contributed by atoms with Gasteiger partial charge in [-0.25, -0.2) is 4.98 Å². The molecule has 84 valence electrons. The summed E-state index contributed by atoms with van der Waals surface area (Å²) in [4.78, 5) is 4.42. The lowest BCUT2D eigenvalue weighted by molar-refractivity contribution is 0.414. The van der Waals surface area contributed by atoms with Crippen LogP contribution in [0, 0.1) is 0 Å². The lowest BCUT2D eigenvalue weighted by Crippen LogP contribution is -1.89. The minimum Gasteiger partial charge on any atom is -0.497 e. The molecule has 0 aliphatic carbocycles. The molecule has 2 rings (SSSR count). The zero-order valence-electron chi connectivity index (χ0n) is 8.94. The molecule has 2 aromatic rings. The molecule has 0 saturated heterocycles. The SMILES string of the molecule is COc1ccc(Cc2nc(CCl)cs2)cc1. The second kappa shape index (κ2) is 5.32. The molecule has 2 nitrogen and oxygen atoms in total. The summed E-state index contributed by atoms with van der Waals surface area (Å²) in [6.45, 7) is 0. The number of hydrogen-bond acceptors (Lipinski definition) is 3. The molecule has 0 atom stereocenters. The van der Waals surface area contributed by atoms with Gasteiger partial charge in [0.15, 0.2) is 0 Å². The van der Waals surface area contributed by atoms with Crippen molar-refractivity contribution in [3.05, 3.63) is 45.9 Å². The number of aromatic nitrogens is 1. The molecule has 0 saturated carbocycles. The smallest absolute Gasteiger partial charge is 0.118 e. The Kier molecular flexibility index (Phi) is 3.80. The number of alkyl halides is 1. The van der Waals surface area contributed by atoms with Crippen LogP contribution in [0.1, 0.15) is 16.3 Å². The highest BCUT2D eigenvalue weighted by molar-refractivity contribution is 7.09. The zero-order chi connectivity index (χ0) is 11.4. The molecule has 0 N–H and O–H groups in total. The molecule has 1 heterocycles. The van der Waals surface area contributed by atoms with Gasteiger partial charge in [0.25, 0.3) is 0 Å². The quantitative estimate of drug-likeness (QED) is 0.779. The van der Waals surface area contributed by atoms with E-state index in [0.29, 0.717) is 5.88 Å². The van der Waals surface area contributed by atoms with E-state index in [2.05, 4.69) is 17.1 Å². The second-order valence-electron chi connectivity index (χ2n) is 3.39. The first-order valence-corrected chi connectivity index (χ1v) is 6.35. The fraction of sp³-hybridized carbons (Fsp3) is 0.250. The van der Waals surface area contributed by atoms with Gasteiger partial charge < -0.3 is 4.74 Å². The van der Waals surface area contributed by atoms with Crippen molar-refractivity contribution in [1.29, 1.82) is 0 Å². The third-order valence-corrected chi connectivity index (χ3v) is 3.42. The van der Waals surface area contributed by atoms with Crippen LogP contribution in [0.2, 0.25) is 0 Å². The molecule has 0 aliphatic rings. The number of nitrogens with zero attached hydrogens (tertiary/aromatic N) is 1. The number of benzene rings is 1. The highest BCUT2D eigenvalue weighted by atomic mass is 35.5. The standard InChI is InChI=1S/C12H12ClNOS/c1-15-11-4-2-9(3-5-11)6-12-14-10(7-13)8-16-12/h2-5,8H,6-7H2,1H3. The minimum atomic E-state index is 0.485. The van der Waals surface area contributed by atoms with Gasteiger partial charge in [0, 0.05) is 11.8 Å².